The molecule has 0 aliphatic heterocycles. The van der Waals surface area contributed by atoms with Crippen LogP contribution in [0.5, 0.6) is 11.5 Å². The van der Waals surface area contributed by atoms with Crippen molar-refractivity contribution in [3.63, 3.8) is 0 Å². The van der Waals surface area contributed by atoms with Gasteiger partial charge < -0.3 is 27.0 Å². The number of likely N-dealkylation sites (N-methyl/N-ethyl adjacent to an activating group) is 1. The minimum atomic E-state index is -2.79. The molecule has 0 saturated heterocycles. The van der Waals surface area contributed by atoms with Crippen molar-refractivity contribution in [2.75, 3.05) is 20.7 Å². The first-order valence-electron chi connectivity index (χ1n) is 13.4. The molecule has 12 nitrogen and oxygen atoms in total. The molecule has 218 valence electrons. The zero-order valence-corrected chi connectivity index (χ0v) is 23.3. The molecule has 2 aromatic rings. The molecule has 7 N–H and O–H groups in total. The lowest BCUT2D eigenvalue weighted by Crippen LogP contribution is -2.85. The van der Waals surface area contributed by atoms with E-state index in [9.17, 15) is 34.3 Å². The normalized spacial score (nSPS) is 32.1. The lowest BCUT2D eigenvalue weighted by atomic mass is 9.42. The molecule has 2 fully saturated rings. The molecule has 0 bridgehead atoms. The summed E-state index contributed by atoms with van der Waals surface area (Å²) in [6.45, 7) is 2.18. The van der Waals surface area contributed by atoms with Gasteiger partial charge in [0.1, 0.15) is 17.4 Å². The standard InChI is InChI=1S/C30H31N5O7/c1-4-42-18-8-6-5-7-15(18)14-9-10-17(36)19-16(14)11-28(33)12-30(34)24(35(2)3)23(38)20(27(32)41)25(39)29(30,13-31)26(40)21(28)22(19)37/h5-10,20-21,24,36H,4,11-12,33-34H2,1-3H3,(H2,32,41)/t20?,21?,24-,28-,29+,30-/m1/s1. The van der Waals surface area contributed by atoms with Gasteiger partial charge in [-0.3, -0.25) is 28.9 Å². The van der Waals surface area contributed by atoms with Crippen LogP contribution in [0.4, 0.5) is 0 Å². The first-order chi connectivity index (χ1) is 19.7. The summed E-state index contributed by atoms with van der Waals surface area (Å²) in [5.41, 5.74) is 13.7. The zero-order chi connectivity index (χ0) is 30.9. The maximum atomic E-state index is 14.4. The highest BCUT2D eigenvalue weighted by Crippen LogP contribution is 2.57. The quantitative estimate of drug-likeness (QED) is 0.345. The minimum Gasteiger partial charge on any atom is -0.507 e. The molecule has 0 spiro atoms. The van der Waals surface area contributed by atoms with Crippen molar-refractivity contribution in [1.29, 1.82) is 5.26 Å². The Morgan fingerprint density at radius 1 is 1.10 bits per heavy atom. The lowest BCUT2D eigenvalue weighted by molar-refractivity contribution is -0.166. The molecular formula is C30H31N5O7. The molecular weight excluding hydrogens is 542 g/mol. The van der Waals surface area contributed by atoms with Crippen molar-refractivity contribution in [1.82, 2.24) is 4.90 Å². The minimum absolute atomic E-state index is 0.170. The average Bonchev–Trinajstić information content (AvgIpc) is 2.88. The van der Waals surface area contributed by atoms with E-state index in [-0.39, 0.29) is 12.0 Å². The molecule has 0 aromatic heterocycles. The fourth-order valence-corrected chi connectivity index (χ4v) is 7.43. The number of rotatable bonds is 5. The molecule has 2 aromatic carbocycles. The van der Waals surface area contributed by atoms with E-state index in [0.29, 0.717) is 29.0 Å². The van der Waals surface area contributed by atoms with Gasteiger partial charge in [0.2, 0.25) is 5.91 Å². The highest BCUT2D eigenvalue weighted by atomic mass is 16.5. The molecule has 2 saturated carbocycles. The van der Waals surface area contributed by atoms with E-state index in [4.69, 9.17) is 21.9 Å². The molecule has 3 aliphatic rings. The number of fused-ring (bicyclic) bond motifs is 3. The molecule has 0 heterocycles. The number of para-hydroxylation sites is 1. The fourth-order valence-electron chi connectivity index (χ4n) is 7.43. The van der Waals surface area contributed by atoms with Gasteiger partial charge >= 0.3 is 0 Å². The van der Waals surface area contributed by atoms with Crippen molar-refractivity contribution >= 4 is 29.0 Å². The van der Waals surface area contributed by atoms with Gasteiger partial charge in [0.25, 0.3) is 0 Å². The van der Waals surface area contributed by atoms with E-state index < -0.39 is 75.6 Å². The lowest BCUT2D eigenvalue weighted by Gasteiger charge is -2.60. The Balaban J connectivity index is 1.78. The summed E-state index contributed by atoms with van der Waals surface area (Å²) >= 11 is 0. The number of ether oxygens (including phenoxy) is 1. The number of hydrogen-bond acceptors (Lipinski definition) is 11. The summed E-state index contributed by atoms with van der Waals surface area (Å²) < 4.78 is 5.79. The van der Waals surface area contributed by atoms with Crippen LogP contribution in [0.3, 0.4) is 0 Å². The average molecular weight is 574 g/mol. The predicted octanol–water partition coefficient (Wildman–Crippen LogP) is -0.126. The number of carbonyl (C=O) groups excluding carboxylic acids is 5. The number of ketones is 4. The van der Waals surface area contributed by atoms with Crippen LogP contribution in [0.25, 0.3) is 11.1 Å². The van der Waals surface area contributed by atoms with Crippen LogP contribution in [0, 0.1) is 28.6 Å². The summed E-state index contributed by atoms with van der Waals surface area (Å²) in [5.74, 6) is -9.55. The Kier molecular flexibility index (Phi) is 6.61. The molecule has 0 radical (unpaired) electrons. The Morgan fingerprint density at radius 2 is 1.76 bits per heavy atom. The SMILES string of the molecule is CCOc1ccccc1-c1ccc(O)c2c1C[C@@]1(N)C[C@@]3(N)[C@H](N(C)C)C(=O)C(C(N)=O)C(=O)[C@@]3(C#N)C(=O)C1C2=O. The van der Waals surface area contributed by atoms with Gasteiger partial charge in [0, 0.05) is 11.1 Å². The molecule has 1 amide bonds. The van der Waals surface area contributed by atoms with Crippen LogP contribution in [0.15, 0.2) is 36.4 Å². The summed E-state index contributed by atoms with van der Waals surface area (Å²) in [5, 5.41) is 21.4. The van der Waals surface area contributed by atoms with Crippen molar-refractivity contribution in [2.45, 2.75) is 36.9 Å². The Morgan fingerprint density at radius 3 is 2.36 bits per heavy atom. The number of amides is 1. The van der Waals surface area contributed by atoms with Crippen molar-refractivity contribution < 1.29 is 33.8 Å². The molecule has 2 unspecified atom stereocenters. The third kappa shape index (κ3) is 3.54. The number of nitrogens with zero attached hydrogens (tertiary/aromatic N) is 2. The first kappa shape index (κ1) is 29.1. The molecule has 42 heavy (non-hydrogen) atoms. The largest absolute Gasteiger partial charge is 0.507 e. The maximum absolute atomic E-state index is 14.4. The summed E-state index contributed by atoms with van der Waals surface area (Å²) in [4.78, 5) is 69.6. The number of primary amides is 1. The van der Waals surface area contributed by atoms with Crippen molar-refractivity contribution in [2.24, 2.45) is 34.5 Å². The second-order valence-corrected chi connectivity index (χ2v) is 11.5. The number of phenols is 1. The number of phenolic OH excluding ortho intramolecular Hbond substituents is 1. The molecule has 3 aliphatic carbocycles. The van der Waals surface area contributed by atoms with E-state index in [1.807, 2.05) is 6.92 Å². The second kappa shape index (κ2) is 9.55. The number of aromatic hydroxyl groups is 1. The van der Waals surface area contributed by atoms with Crippen LogP contribution in [-0.4, -0.2) is 76.9 Å². The van der Waals surface area contributed by atoms with Crippen molar-refractivity contribution in [3.05, 3.63) is 47.5 Å². The van der Waals surface area contributed by atoms with Gasteiger partial charge in [0.15, 0.2) is 34.5 Å². The molecule has 12 heteroatoms. The summed E-state index contributed by atoms with van der Waals surface area (Å²) in [6, 6.07) is 10.2. The highest BCUT2D eigenvalue weighted by Gasteiger charge is 2.78. The van der Waals surface area contributed by atoms with Crippen LogP contribution in [0.2, 0.25) is 0 Å². The number of nitrogens with two attached hydrogens (primary N) is 3. The van der Waals surface area contributed by atoms with Crippen LogP contribution < -0.4 is 21.9 Å². The number of hydrogen-bond donors (Lipinski definition) is 4. The summed E-state index contributed by atoms with van der Waals surface area (Å²) in [7, 11) is 2.91. The smallest absolute Gasteiger partial charge is 0.235 e. The number of nitriles is 1. The number of benzene rings is 2. The first-order valence-corrected chi connectivity index (χ1v) is 13.4. The Labute approximate surface area is 241 Å². The van der Waals surface area contributed by atoms with Gasteiger partial charge in [-0.05, 0) is 57.1 Å². The van der Waals surface area contributed by atoms with E-state index in [1.165, 1.54) is 25.1 Å². The van der Waals surface area contributed by atoms with E-state index >= 15 is 0 Å². The molecule has 5 rings (SSSR count). The van der Waals surface area contributed by atoms with Crippen LogP contribution in [0.1, 0.15) is 29.3 Å². The van der Waals surface area contributed by atoms with Crippen molar-refractivity contribution in [3.8, 4) is 28.7 Å². The van der Waals surface area contributed by atoms with E-state index in [1.54, 1.807) is 36.4 Å². The zero-order valence-electron chi connectivity index (χ0n) is 23.3. The maximum Gasteiger partial charge on any atom is 0.235 e. The topological polar surface area (TPSA) is 220 Å². The highest BCUT2D eigenvalue weighted by molar-refractivity contribution is 6.33. The van der Waals surface area contributed by atoms with Gasteiger partial charge in [-0.15, -0.1) is 0 Å². The predicted molar refractivity (Wildman–Crippen MR) is 148 cm³/mol. The summed E-state index contributed by atoms with van der Waals surface area (Å²) in [6.07, 6.45) is -0.653. The van der Waals surface area contributed by atoms with Gasteiger partial charge in [-0.1, -0.05) is 24.3 Å². The fraction of sp³-hybridized carbons (Fsp3) is 0.400. The van der Waals surface area contributed by atoms with Gasteiger partial charge in [-0.2, -0.15) is 5.26 Å². The molecule has 6 atom stereocenters. The Bertz CT molecular complexity index is 1630. The van der Waals surface area contributed by atoms with Gasteiger partial charge in [0.05, 0.1) is 29.8 Å². The Hall–Kier alpha value is -4.44. The van der Waals surface area contributed by atoms with E-state index in [2.05, 4.69) is 0 Å². The third-order valence-electron chi connectivity index (χ3n) is 8.95. The number of Topliss-reactive ketones (excluding diaryl/α,β-unsaturated/α-hetero) is 4. The van der Waals surface area contributed by atoms with Crippen LogP contribution >= 0.6 is 0 Å². The second-order valence-electron chi connectivity index (χ2n) is 11.5. The van der Waals surface area contributed by atoms with Gasteiger partial charge in [-0.25, -0.2) is 0 Å². The van der Waals surface area contributed by atoms with Crippen LogP contribution in [-0.2, 0) is 25.6 Å². The van der Waals surface area contributed by atoms with E-state index in [0.717, 1.165) is 0 Å². The number of carbonyl (C=O) groups is 5. The third-order valence-corrected chi connectivity index (χ3v) is 8.95. The monoisotopic (exact) mass is 573 g/mol.